The van der Waals surface area contributed by atoms with E-state index >= 15 is 0 Å². The molecular formula is C17H19NO2. The molecule has 0 aromatic heterocycles. The van der Waals surface area contributed by atoms with E-state index < -0.39 is 0 Å². The first kappa shape index (κ1) is 14.1. The summed E-state index contributed by atoms with van der Waals surface area (Å²) in [4.78, 5) is 4.42. The Morgan fingerprint density at radius 2 is 1.80 bits per heavy atom. The van der Waals surface area contributed by atoms with Crippen LogP contribution in [0.15, 0.2) is 47.5 Å². The molecule has 0 amide bonds. The molecule has 104 valence electrons. The van der Waals surface area contributed by atoms with Crippen LogP contribution in [-0.4, -0.2) is 18.4 Å². The average molecular weight is 269 g/mol. The Kier molecular flexibility index (Phi) is 4.41. The molecule has 0 bridgehead atoms. The van der Waals surface area contributed by atoms with Gasteiger partial charge in [-0.15, -0.1) is 0 Å². The van der Waals surface area contributed by atoms with Gasteiger partial charge in [0, 0.05) is 6.21 Å². The van der Waals surface area contributed by atoms with Gasteiger partial charge in [0.05, 0.1) is 12.8 Å². The molecule has 0 saturated carbocycles. The second kappa shape index (κ2) is 6.24. The Bertz CT molecular complexity index is 601. The third-order valence-electron chi connectivity index (χ3n) is 3.13. The van der Waals surface area contributed by atoms with Crippen LogP contribution in [0.4, 0.5) is 5.69 Å². The zero-order chi connectivity index (χ0) is 14.5. The van der Waals surface area contributed by atoms with Crippen LogP contribution in [0.3, 0.4) is 0 Å². The van der Waals surface area contributed by atoms with Crippen molar-refractivity contribution in [1.82, 2.24) is 0 Å². The van der Waals surface area contributed by atoms with Crippen molar-refractivity contribution in [3.63, 3.8) is 0 Å². The molecule has 20 heavy (non-hydrogen) atoms. The van der Waals surface area contributed by atoms with Gasteiger partial charge in [0.15, 0.2) is 11.5 Å². The number of methoxy groups -OCH3 is 1. The van der Waals surface area contributed by atoms with Crippen LogP contribution in [0, 0.1) is 0 Å². The number of phenolic OH excluding ortho intramolecular Hbond substituents is 1. The van der Waals surface area contributed by atoms with Gasteiger partial charge in [-0.1, -0.05) is 26.0 Å². The SMILES string of the molecule is COc1cc(C=Nc2ccc(C(C)C)cc2)ccc1O. The van der Waals surface area contributed by atoms with Crippen LogP contribution < -0.4 is 4.74 Å². The highest BCUT2D eigenvalue weighted by molar-refractivity contribution is 5.83. The standard InChI is InChI=1S/C17H19NO2/c1-12(2)14-5-7-15(8-6-14)18-11-13-4-9-16(19)17(10-13)20-3/h4-12,19H,1-3H3. The van der Waals surface area contributed by atoms with Crippen molar-refractivity contribution in [2.24, 2.45) is 4.99 Å². The largest absolute Gasteiger partial charge is 0.504 e. The van der Waals surface area contributed by atoms with E-state index in [2.05, 4.69) is 31.0 Å². The van der Waals surface area contributed by atoms with Gasteiger partial charge in [0.25, 0.3) is 0 Å². The number of rotatable bonds is 4. The van der Waals surface area contributed by atoms with Gasteiger partial charge >= 0.3 is 0 Å². The minimum Gasteiger partial charge on any atom is -0.504 e. The van der Waals surface area contributed by atoms with Crippen molar-refractivity contribution in [2.45, 2.75) is 19.8 Å². The Labute approximate surface area is 119 Å². The van der Waals surface area contributed by atoms with E-state index in [1.807, 2.05) is 12.1 Å². The predicted octanol–water partition coefficient (Wildman–Crippen LogP) is 4.27. The molecule has 0 aliphatic rings. The van der Waals surface area contributed by atoms with Gasteiger partial charge in [-0.3, -0.25) is 4.99 Å². The number of aliphatic imine (C=N–C) groups is 1. The van der Waals surface area contributed by atoms with Crippen molar-refractivity contribution in [3.8, 4) is 11.5 Å². The molecular weight excluding hydrogens is 250 g/mol. The molecule has 0 aliphatic heterocycles. The monoisotopic (exact) mass is 269 g/mol. The molecule has 2 rings (SSSR count). The van der Waals surface area contributed by atoms with Crippen molar-refractivity contribution < 1.29 is 9.84 Å². The van der Waals surface area contributed by atoms with Gasteiger partial charge in [0.1, 0.15) is 0 Å². The van der Waals surface area contributed by atoms with Crippen LogP contribution >= 0.6 is 0 Å². The second-order valence-corrected chi connectivity index (χ2v) is 4.94. The summed E-state index contributed by atoms with van der Waals surface area (Å²) in [5, 5.41) is 9.53. The van der Waals surface area contributed by atoms with Crippen LogP contribution in [0.1, 0.15) is 30.9 Å². The molecule has 2 aromatic carbocycles. The quantitative estimate of drug-likeness (QED) is 0.842. The Morgan fingerprint density at radius 1 is 1.10 bits per heavy atom. The highest BCUT2D eigenvalue weighted by atomic mass is 16.5. The zero-order valence-corrected chi connectivity index (χ0v) is 12.0. The Morgan fingerprint density at radius 3 is 2.40 bits per heavy atom. The highest BCUT2D eigenvalue weighted by Crippen LogP contribution is 2.26. The van der Waals surface area contributed by atoms with Crippen molar-refractivity contribution in [2.75, 3.05) is 7.11 Å². The van der Waals surface area contributed by atoms with Crippen molar-refractivity contribution >= 4 is 11.9 Å². The van der Waals surface area contributed by atoms with E-state index in [0.29, 0.717) is 11.7 Å². The predicted molar refractivity (Wildman–Crippen MR) is 82.4 cm³/mol. The average Bonchev–Trinajstić information content (AvgIpc) is 2.46. The molecule has 0 unspecified atom stereocenters. The van der Waals surface area contributed by atoms with Gasteiger partial charge in [0.2, 0.25) is 0 Å². The summed E-state index contributed by atoms with van der Waals surface area (Å²) in [5.41, 5.74) is 3.09. The van der Waals surface area contributed by atoms with Crippen molar-refractivity contribution in [1.29, 1.82) is 0 Å². The molecule has 0 atom stereocenters. The summed E-state index contributed by atoms with van der Waals surface area (Å²) in [6, 6.07) is 13.3. The molecule has 0 heterocycles. The summed E-state index contributed by atoms with van der Waals surface area (Å²) in [6.07, 6.45) is 1.76. The summed E-state index contributed by atoms with van der Waals surface area (Å²) < 4.78 is 5.07. The number of phenols is 1. The summed E-state index contributed by atoms with van der Waals surface area (Å²) in [7, 11) is 1.53. The maximum absolute atomic E-state index is 9.53. The van der Waals surface area contributed by atoms with Crippen LogP contribution in [0.5, 0.6) is 11.5 Å². The number of ether oxygens (including phenoxy) is 1. The first-order chi connectivity index (χ1) is 9.60. The van der Waals surface area contributed by atoms with Gasteiger partial charge in [-0.25, -0.2) is 0 Å². The maximum Gasteiger partial charge on any atom is 0.161 e. The molecule has 3 nitrogen and oxygen atoms in total. The molecule has 0 radical (unpaired) electrons. The highest BCUT2D eigenvalue weighted by Gasteiger charge is 2.01. The number of benzene rings is 2. The van der Waals surface area contributed by atoms with E-state index in [-0.39, 0.29) is 5.75 Å². The first-order valence-electron chi connectivity index (χ1n) is 6.61. The third-order valence-corrected chi connectivity index (χ3v) is 3.13. The van der Waals surface area contributed by atoms with Crippen molar-refractivity contribution in [3.05, 3.63) is 53.6 Å². The maximum atomic E-state index is 9.53. The number of nitrogens with zero attached hydrogens (tertiary/aromatic N) is 1. The molecule has 0 fully saturated rings. The topological polar surface area (TPSA) is 41.8 Å². The van der Waals surface area contributed by atoms with Crippen LogP contribution in [0.25, 0.3) is 0 Å². The van der Waals surface area contributed by atoms with Crippen LogP contribution in [-0.2, 0) is 0 Å². The Hall–Kier alpha value is -2.29. The first-order valence-corrected chi connectivity index (χ1v) is 6.61. The normalized spacial score (nSPS) is 11.2. The third kappa shape index (κ3) is 3.38. The lowest BCUT2D eigenvalue weighted by atomic mass is 10.0. The minimum atomic E-state index is 0.130. The lowest BCUT2D eigenvalue weighted by Crippen LogP contribution is -1.87. The molecule has 1 N–H and O–H groups in total. The number of hydrogen-bond donors (Lipinski definition) is 1. The van der Waals surface area contributed by atoms with E-state index in [4.69, 9.17) is 4.74 Å². The second-order valence-electron chi connectivity index (χ2n) is 4.94. The van der Waals surface area contributed by atoms with E-state index in [9.17, 15) is 5.11 Å². The van der Waals surface area contributed by atoms with Gasteiger partial charge in [-0.05, 0) is 47.4 Å². The molecule has 0 aliphatic carbocycles. The van der Waals surface area contributed by atoms with Crippen LogP contribution in [0.2, 0.25) is 0 Å². The van der Waals surface area contributed by atoms with Gasteiger partial charge < -0.3 is 9.84 Å². The molecule has 0 spiro atoms. The fraction of sp³-hybridized carbons (Fsp3) is 0.235. The minimum absolute atomic E-state index is 0.130. The van der Waals surface area contributed by atoms with E-state index in [1.165, 1.54) is 12.7 Å². The van der Waals surface area contributed by atoms with E-state index in [1.54, 1.807) is 24.4 Å². The molecule has 0 saturated heterocycles. The number of hydrogen-bond acceptors (Lipinski definition) is 3. The van der Waals surface area contributed by atoms with Gasteiger partial charge in [-0.2, -0.15) is 0 Å². The fourth-order valence-corrected chi connectivity index (χ4v) is 1.87. The lowest BCUT2D eigenvalue weighted by Gasteiger charge is -2.05. The summed E-state index contributed by atoms with van der Waals surface area (Å²) in [5.74, 6) is 1.10. The lowest BCUT2D eigenvalue weighted by molar-refractivity contribution is 0.373. The summed E-state index contributed by atoms with van der Waals surface area (Å²) >= 11 is 0. The molecule has 3 heteroatoms. The fourth-order valence-electron chi connectivity index (χ4n) is 1.87. The number of aromatic hydroxyl groups is 1. The summed E-state index contributed by atoms with van der Waals surface area (Å²) in [6.45, 7) is 4.34. The smallest absolute Gasteiger partial charge is 0.161 e. The molecule has 2 aromatic rings. The zero-order valence-electron chi connectivity index (χ0n) is 12.0. The van der Waals surface area contributed by atoms with E-state index in [0.717, 1.165) is 11.3 Å². The Balaban J connectivity index is 2.16.